The van der Waals surface area contributed by atoms with Crippen LogP contribution < -0.4 is 20.7 Å². The molecule has 0 aliphatic heterocycles. The fourth-order valence-electron chi connectivity index (χ4n) is 2.43. The molecular weight excluding hydrogens is 350 g/mol. The van der Waals surface area contributed by atoms with Crippen LogP contribution in [0.15, 0.2) is 36.4 Å². The summed E-state index contributed by atoms with van der Waals surface area (Å²) in [5.41, 5.74) is 1.80. The summed E-state index contributed by atoms with van der Waals surface area (Å²) in [6, 6.07) is 9.34. The summed E-state index contributed by atoms with van der Waals surface area (Å²) >= 11 is 0. The highest BCUT2D eigenvalue weighted by Gasteiger charge is 2.11. The topological polar surface area (TPSA) is 117 Å². The second kappa shape index (κ2) is 8.70. The van der Waals surface area contributed by atoms with Crippen LogP contribution in [0.4, 0.5) is 11.4 Å². The van der Waals surface area contributed by atoms with Gasteiger partial charge in [0.1, 0.15) is 0 Å². The van der Waals surface area contributed by atoms with Gasteiger partial charge in [0.25, 0.3) is 5.91 Å². The first kappa shape index (κ1) is 19.8. The van der Waals surface area contributed by atoms with Gasteiger partial charge in [0, 0.05) is 37.3 Å². The molecule has 0 spiro atoms. The Labute approximate surface area is 156 Å². The molecule has 0 unspecified atom stereocenters. The van der Waals surface area contributed by atoms with E-state index in [-0.39, 0.29) is 35.6 Å². The van der Waals surface area contributed by atoms with Crippen LogP contribution in [0.25, 0.3) is 0 Å². The molecule has 0 saturated heterocycles. The summed E-state index contributed by atoms with van der Waals surface area (Å²) in [6.45, 7) is 2.90. The molecule has 27 heavy (non-hydrogen) atoms. The van der Waals surface area contributed by atoms with Crippen molar-refractivity contribution < 1.29 is 24.2 Å². The largest absolute Gasteiger partial charge is 0.504 e. The van der Waals surface area contributed by atoms with Gasteiger partial charge in [-0.25, -0.2) is 0 Å². The van der Waals surface area contributed by atoms with Gasteiger partial charge in [0.2, 0.25) is 11.8 Å². The molecule has 2 aromatic rings. The van der Waals surface area contributed by atoms with Crippen LogP contribution >= 0.6 is 0 Å². The lowest BCUT2D eigenvalue weighted by Crippen LogP contribution is -2.23. The predicted octanol–water partition coefficient (Wildman–Crippen LogP) is 2.25. The molecule has 8 nitrogen and oxygen atoms in total. The minimum absolute atomic E-state index is 0.00975. The second-order valence-corrected chi connectivity index (χ2v) is 5.85. The molecule has 0 bridgehead atoms. The van der Waals surface area contributed by atoms with E-state index in [0.29, 0.717) is 17.1 Å². The Morgan fingerprint density at radius 3 is 2.07 bits per heavy atom. The molecule has 2 rings (SSSR count). The summed E-state index contributed by atoms with van der Waals surface area (Å²) in [4.78, 5) is 35.1. The smallest absolute Gasteiger partial charge is 0.251 e. The summed E-state index contributed by atoms with van der Waals surface area (Å²) in [6.07, 6.45) is 0. The van der Waals surface area contributed by atoms with Crippen molar-refractivity contribution in [3.63, 3.8) is 0 Å². The molecule has 0 fully saturated rings. The third-order valence-corrected chi connectivity index (χ3v) is 3.53. The fraction of sp³-hybridized carbons (Fsp3) is 0.211. The van der Waals surface area contributed by atoms with E-state index in [1.165, 1.54) is 39.2 Å². The maximum absolute atomic E-state index is 12.5. The van der Waals surface area contributed by atoms with Crippen molar-refractivity contribution >= 4 is 29.1 Å². The Balaban J connectivity index is 2.18. The average Bonchev–Trinajstić information content (AvgIpc) is 2.59. The fourth-order valence-corrected chi connectivity index (χ4v) is 2.43. The number of nitrogens with one attached hydrogen (secondary N) is 3. The van der Waals surface area contributed by atoms with Crippen molar-refractivity contribution in [3.05, 3.63) is 47.5 Å². The van der Waals surface area contributed by atoms with E-state index in [4.69, 9.17) is 4.74 Å². The maximum atomic E-state index is 12.5. The molecule has 142 valence electrons. The van der Waals surface area contributed by atoms with Gasteiger partial charge in [-0.3, -0.25) is 14.4 Å². The molecular formula is C19H21N3O5. The summed E-state index contributed by atoms with van der Waals surface area (Å²) in [5, 5.41) is 17.5. The standard InChI is InChI=1S/C19H21N3O5/c1-11(23)21-15-7-14(8-16(9-15)22-12(2)24)19(26)20-10-13-4-5-17(25)18(6-13)27-3/h4-9,25H,10H2,1-3H3,(H,20,26)(H,21,23)(H,22,24). The second-order valence-electron chi connectivity index (χ2n) is 5.85. The Bertz CT molecular complexity index is 845. The van der Waals surface area contributed by atoms with Gasteiger partial charge in [-0.05, 0) is 35.9 Å². The average molecular weight is 371 g/mol. The molecule has 0 saturated carbocycles. The number of rotatable bonds is 6. The van der Waals surface area contributed by atoms with Crippen LogP contribution in [0, 0.1) is 0 Å². The van der Waals surface area contributed by atoms with Gasteiger partial charge in [-0.2, -0.15) is 0 Å². The number of carbonyl (C=O) groups excluding carboxylic acids is 3. The number of hydrogen-bond acceptors (Lipinski definition) is 5. The number of amides is 3. The van der Waals surface area contributed by atoms with Crippen molar-refractivity contribution in [2.24, 2.45) is 0 Å². The summed E-state index contributed by atoms with van der Waals surface area (Å²) in [7, 11) is 1.44. The highest BCUT2D eigenvalue weighted by atomic mass is 16.5. The van der Waals surface area contributed by atoms with Gasteiger partial charge >= 0.3 is 0 Å². The number of ether oxygens (including phenoxy) is 1. The molecule has 0 radical (unpaired) electrons. The van der Waals surface area contributed by atoms with Crippen LogP contribution in [-0.2, 0) is 16.1 Å². The first-order valence-electron chi connectivity index (χ1n) is 8.13. The molecule has 0 aliphatic carbocycles. The number of aromatic hydroxyl groups is 1. The first-order valence-corrected chi connectivity index (χ1v) is 8.13. The van der Waals surface area contributed by atoms with Gasteiger partial charge in [-0.15, -0.1) is 0 Å². The van der Waals surface area contributed by atoms with Crippen molar-refractivity contribution in [1.82, 2.24) is 5.32 Å². The van der Waals surface area contributed by atoms with Crippen molar-refractivity contribution in [3.8, 4) is 11.5 Å². The summed E-state index contributed by atoms with van der Waals surface area (Å²) < 4.78 is 5.04. The molecule has 0 aromatic heterocycles. The third-order valence-electron chi connectivity index (χ3n) is 3.53. The molecule has 4 N–H and O–H groups in total. The Kier molecular flexibility index (Phi) is 6.37. The van der Waals surface area contributed by atoms with Crippen LogP contribution in [0.1, 0.15) is 29.8 Å². The van der Waals surface area contributed by atoms with Gasteiger partial charge in [0.15, 0.2) is 11.5 Å². The summed E-state index contributed by atoms with van der Waals surface area (Å²) in [5.74, 6) is -0.659. The van der Waals surface area contributed by atoms with Gasteiger partial charge in [0.05, 0.1) is 7.11 Å². The van der Waals surface area contributed by atoms with Crippen LogP contribution in [0.5, 0.6) is 11.5 Å². The Hall–Kier alpha value is -3.55. The van der Waals surface area contributed by atoms with Crippen molar-refractivity contribution in [1.29, 1.82) is 0 Å². The number of methoxy groups -OCH3 is 1. The Morgan fingerprint density at radius 2 is 1.56 bits per heavy atom. The number of benzene rings is 2. The minimum Gasteiger partial charge on any atom is -0.504 e. The van der Waals surface area contributed by atoms with Crippen LogP contribution in [0.3, 0.4) is 0 Å². The quantitative estimate of drug-likeness (QED) is 0.621. The minimum atomic E-state index is -0.388. The monoisotopic (exact) mass is 371 g/mol. The van der Waals surface area contributed by atoms with Crippen LogP contribution in [-0.4, -0.2) is 29.9 Å². The zero-order chi connectivity index (χ0) is 20.0. The highest BCUT2D eigenvalue weighted by molar-refractivity contribution is 5.99. The number of hydrogen-bond donors (Lipinski definition) is 4. The van der Waals surface area contributed by atoms with Crippen molar-refractivity contribution in [2.75, 3.05) is 17.7 Å². The third kappa shape index (κ3) is 5.74. The van der Waals surface area contributed by atoms with Gasteiger partial charge < -0.3 is 25.8 Å². The lowest BCUT2D eigenvalue weighted by molar-refractivity contribution is -0.115. The van der Waals surface area contributed by atoms with Crippen LogP contribution in [0.2, 0.25) is 0 Å². The van der Waals surface area contributed by atoms with E-state index >= 15 is 0 Å². The number of carbonyl (C=O) groups is 3. The molecule has 0 atom stereocenters. The zero-order valence-corrected chi connectivity index (χ0v) is 15.3. The van der Waals surface area contributed by atoms with E-state index in [2.05, 4.69) is 16.0 Å². The highest BCUT2D eigenvalue weighted by Crippen LogP contribution is 2.26. The lowest BCUT2D eigenvalue weighted by Gasteiger charge is -2.12. The van der Waals surface area contributed by atoms with Crippen molar-refractivity contribution in [2.45, 2.75) is 20.4 Å². The lowest BCUT2D eigenvalue weighted by atomic mass is 10.1. The number of phenols is 1. The maximum Gasteiger partial charge on any atom is 0.251 e. The predicted molar refractivity (Wildman–Crippen MR) is 101 cm³/mol. The zero-order valence-electron chi connectivity index (χ0n) is 15.3. The van der Waals surface area contributed by atoms with E-state index in [9.17, 15) is 19.5 Å². The molecule has 2 aromatic carbocycles. The molecule has 8 heteroatoms. The van der Waals surface area contributed by atoms with E-state index < -0.39 is 0 Å². The van der Waals surface area contributed by atoms with E-state index in [1.807, 2.05) is 0 Å². The number of anilines is 2. The SMILES string of the molecule is COc1cc(CNC(=O)c2cc(NC(C)=O)cc(NC(C)=O)c2)ccc1O. The first-order chi connectivity index (χ1) is 12.8. The normalized spacial score (nSPS) is 10.0. The molecule has 0 aliphatic rings. The molecule has 0 heterocycles. The van der Waals surface area contributed by atoms with E-state index in [0.717, 1.165) is 5.56 Å². The van der Waals surface area contributed by atoms with E-state index in [1.54, 1.807) is 18.2 Å². The van der Waals surface area contributed by atoms with Gasteiger partial charge in [-0.1, -0.05) is 6.07 Å². The number of phenolic OH excluding ortho intramolecular Hbond substituents is 1. The Morgan fingerprint density at radius 1 is 0.963 bits per heavy atom. The molecule has 3 amide bonds.